The Morgan fingerprint density at radius 2 is 2.12 bits per heavy atom. The molecule has 0 bridgehead atoms. The summed E-state index contributed by atoms with van der Waals surface area (Å²) in [6.07, 6.45) is 0. The predicted molar refractivity (Wildman–Crippen MR) is 66.6 cm³/mol. The molecule has 2 rings (SSSR count). The Morgan fingerprint density at radius 3 is 2.71 bits per heavy atom. The van der Waals surface area contributed by atoms with Crippen molar-refractivity contribution in [3.8, 4) is 0 Å². The Morgan fingerprint density at radius 1 is 1.41 bits per heavy atom. The van der Waals surface area contributed by atoms with E-state index in [2.05, 4.69) is 10.6 Å². The van der Waals surface area contributed by atoms with Crippen molar-refractivity contribution in [3.05, 3.63) is 41.0 Å². The second kappa shape index (κ2) is 5.12. The highest BCUT2D eigenvalue weighted by atomic mass is 16.3. The van der Waals surface area contributed by atoms with E-state index in [4.69, 9.17) is 5.11 Å². The third-order valence-electron chi connectivity index (χ3n) is 2.98. The second-order valence-electron chi connectivity index (χ2n) is 4.10. The number of aliphatic hydroxyl groups excluding tert-OH is 1. The number of carbonyl (C=O) groups is 1. The van der Waals surface area contributed by atoms with Crippen molar-refractivity contribution >= 4 is 11.6 Å². The maximum Gasteiger partial charge on any atom is 0.251 e. The molecule has 1 saturated heterocycles. The summed E-state index contributed by atoms with van der Waals surface area (Å²) in [5, 5.41) is 15.1. The first-order valence-corrected chi connectivity index (χ1v) is 5.62. The summed E-state index contributed by atoms with van der Waals surface area (Å²) in [6, 6.07) is 7.26. The number of nitrogens with one attached hydrogen (secondary N) is 2. The first-order valence-electron chi connectivity index (χ1n) is 5.62. The third-order valence-corrected chi connectivity index (χ3v) is 2.98. The lowest BCUT2D eigenvalue weighted by Crippen LogP contribution is -2.36. The average molecular weight is 232 g/mol. The fourth-order valence-corrected chi connectivity index (χ4v) is 1.67. The van der Waals surface area contributed by atoms with Gasteiger partial charge in [0, 0.05) is 29.9 Å². The first kappa shape index (κ1) is 11.8. The van der Waals surface area contributed by atoms with Crippen LogP contribution in [0.3, 0.4) is 0 Å². The van der Waals surface area contributed by atoms with Crippen LogP contribution < -0.4 is 10.6 Å². The van der Waals surface area contributed by atoms with Gasteiger partial charge in [0.1, 0.15) is 0 Å². The molecule has 17 heavy (non-hydrogen) atoms. The average Bonchev–Trinajstić information content (AvgIpc) is 2.27. The Balaban J connectivity index is 2.13. The van der Waals surface area contributed by atoms with Crippen LogP contribution in [0, 0.1) is 0 Å². The normalized spacial score (nSPS) is 14.1. The summed E-state index contributed by atoms with van der Waals surface area (Å²) >= 11 is 0. The van der Waals surface area contributed by atoms with Gasteiger partial charge in [-0.15, -0.1) is 0 Å². The zero-order valence-electron chi connectivity index (χ0n) is 9.79. The lowest BCUT2D eigenvalue weighted by Gasteiger charge is -2.21. The van der Waals surface area contributed by atoms with Crippen LogP contribution in [0.1, 0.15) is 12.5 Å². The summed E-state index contributed by atoms with van der Waals surface area (Å²) in [6.45, 7) is 3.34. The van der Waals surface area contributed by atoms with E-state index in [-0.39, 0.29) is 12.5 Å². The number of anilines is 1. The van der Waals surface area contributed by atoms with Crippen molar-refractivity contribution in [2.45, 2.75) is 13.5 Å². The molecule has 0 saturated carbocycles. The van der Waals surface area contributed by atoms with Crippen molar-refractivity contribution in [2.75, 3.05) is 18.4 Å². The monoisotopic (exact) mass is 232 g/mol. The van der Waals surface area contributed by atoms with Crippen LogP contribution >= 0.6 is 0 Å². The van der Waals surface area contributed by atoms with Crippen LogP contribution in [-0.2, 0) is 11.4 Å². The Bertz CT molecular complexity index is 460. The molecule has 1 amide bonds. The van der Waals surface area contributed by atoms with Crippen LogP contribution in [0.5, 0.6) is 0 Å². The van der Waals surface area contributed by atoms with Crippen LogP contribution in [0.4, 0.5) is 5.69 Å². The summed E-state index contributed by atoms with van der Waals surface area (Å²) in [7, 11) is 0. The SMILES string of the molecule is CC(C(=O)Nc1ccccc1CO)=C1CNC1. The molecule has 1 fully saturated rings. The molecule has 1 aliphatic rings. The third kappa shape index (κ3) is 2.54. The predicted octanol–water partition coefficient (Wildman–Crippen LogP) is 1.04. The molecule has 4 heteroatoms. The minimum atomic E-state index is -0.0950. The van der Waals surface area contributed by atoms with Crippen molar-refractivity contribution < 1.29 is 9.90 Å². The van der Waals surface area contributed by atoms with Gasteiger partial charge in [0.25, 0.3) is 5.91 Å². The maximum atomic E-state index is 11.9. The fourth-order valence-electron chi connectivity index (χ4n) is 1.67. The molecule has 3 N–H and O–H groups in total. The molecule has 0 radical (unpaired) electrons. The molecule has 1 aromatic carbocycles. The zero-order valence-corrected chi connectivity index (χ0v) is 9.79. The lowest BCUT2D eigenvalue weighted by atomic mass is 10.0. The van der Waals surface area contributed by atoms with Gasteiger partial charge in [-0.05, 0) is 18.6 Å². The minimum Gasteiger partial charge on any atom is -0.392 e. The highest BCUT2D eigenvalue weighted by Gasteiger charge is 2.16. The molecule has 0 unspecified atom stereocenters. The Labute approximate surface area is 100 Å². The van der Waals surface area contributed by atoms with Gasteiger partial charge in [-0.1, -0.05) is 18.2 Å². The second-order valence-corrected chi connectivity index (χ2v) is 4.10. The quantitative estimate of drug-likeness (QED) is 0.682. The molecular weight excluding hydrogens is 216 g/mol. The molecule has 4 nitrogen and oxygen atoms in total. The molecular formula is C13H16N2O2. The van der Waals surface area contributed by atoms with Gasteiger partial charge >= 0.3 is 0 Å². The largest absolute Gasteiger partial charge is 0.392 e. The molecule has 1 aliphatic heterocycles. The highest BCUT2D eigenvalue weighted by Crippen LogP contribution is 2.17. The highest BCUT2D eigenvalue weighted by molar-refractivity contribution is 6.04. The number of hydrogen-bond acceptors (Lipinski definition) is 3. The van der Waals surface area contributed by atoms with Crippen LogP contribution in [0.2, 0.25) is 0 Å². The zero-order chi connectivity index (χ0) is 12.3. The molecule has 0 aromatic heterocycles. The topological polar surface area (TPSA) is 61.4 Å². The number of hydrogen-bond donors (Lipinski definition) is 3. The fraction of sp³-hybridized carbons (Fsp3) is 0.308. The van der Waals surface area contributed by atoms with Crippen molar-refractivity contribution in [1.29, 1.82) is 0 Å². The van der Waals surface area contributed by atoms with Gasteiger partial charge in [0.15, 0.2) is 0 Å². The molecule has 0 aliphatic carbocycles. The van der Waals surface area contributed by atoms with E-state index in [0.29, 0.717) is 5.69 Å². The molecule has 1 heterocycles. The van der Waals surface area contributed by atoms with Crippen molar-refractivity contribution in [1.82, 2.24) is 5.32 Å². The first-order chi connectivity index (χ1) is 8.22. The molecule has 90 valence electrons. The minimum absolute atomic E-state index is 0.0758. The van der Waals surface area contributed by atoms with Gasteiger partial charge in [0.2, 0.25) is 0 Å². The van der Waals surface area contributed by atoms with Crippen LogP contribution in [0.25, 0.3) is 0 Å². The van der Waals surface area contributed by atoms with Crippen LogP contribution in [0.15, 0.2) is 35.4 Å². The molecule has 0 spiro atoms. The summed E-state index contributed by atoms with van der Waals surface area (Å²) < 4.78 is 0. The van der Waals surface area contributed by atoms with E-state index in [9.17, 15) is 4.79 Å². The van der Waals surface area contributed by atoms with Gasteiger partial charge in [0.05, 0.1) is 6.61 Å². The van der Waals surface area contributed by atoms with Crippen molar-refractivity contribution in [2.24, 2.45) is 0 Å². The summed E-state index contributed by atoms with van der Waals surface area (Å²) in [5.74, 6) is -0.0950. The van der Waals surface area contributed by atoms with Crippen molar-refractivity contribution in [3.63, 3.8) is 0 Å². The lowest BCUT2D eigenvalue weighted by molar-refractivity contribution is -0.112. The van der Waals surface area contributed by atoms with Gasteiger partial charge in [-0.25, -0.2) is 0 Å². The van der Waals surface area contributed by atoms with E-state index in [1.54, 1.807) is 12.1 Å². The van der Waals surface area contributed by atoms with Gasteiger partial charge < -0.3 is 15.7 Å². The number of rotatable bonds is 3. The number of aliphatic hydroxyl groups is 1. The maximum absolute atomic E-state index is 11.9. The van der Waals surface area contributed by atoms with Gasteiger partial charge in [-0.3, -0.25) is 4.79 Å². The van der Waals surface area contributed by atoms with E-state index < -0.39 is 0 Å². The summed E-state index contributed by atoms with van der Waals surface area (Å²) in [4.78, 5) is 11.9. The number of amides is 1. The summed E-state index contributed by atoms with van der Waals surface area (Å²) in [5.41, 5.74) is 3.30. The molecule has 1 aromatic rings. The number of para-hydroxylation sites is 1. The Hall–Kier alpha value is -1.65. The standard InChI is InChI=1S/C13H16N2O2/c1-9(11-6-14-7-11)13(17)15-12-5-3-2-4-10(12)8-16/h2-5,14,16H,6-8H2,1H3,(H,15,17). The van der Waals surface area contributed by atoms with E-state index in [1.807, 2.05) is 19.1 Å². The smallest absolute Gasteiger partial charge is 0.251 e. The molecule has 0 atom stereocenters. The van der Waals surface area contributed by atoms with E-state index in [1.165, 1.54) is 0 Å². The Kier molecular flexibility index (Phi) is 3.56. The number of carbonyl (C=O) groups excluding carboxylic acids is 1. The van der Waals surface area contributed by atoms with Crippen LogP contribution in [-0.4, -0.2) is 24.1 Å². The van der Waals surface area contributed by atoms with E-state index in [0.717, 1.165) is 29.8 Å². The van der Waals surface area contributed by atoms with Gasteiger partial charge in [-0.2, -0.15) is 0 Å². The van der Waals surface area contributed by atoms with E-state index >= 15 is 0 Å². The number of benzene rings is 1.